The minimum absolute atomic E-state index is 0.0899. The van der Waals surface area contributed by atoms with Crippen LogP contribution in [-0.4, -0.2) is 75.4 Å². The molecule has 41 heavy (non-hydrogen) atoms. The number of piperidine rings is 1. The molecule has 3 aliphatic heterocycles. The fraction of sp³-hybridized carbons (Fsp3) is 0.448. The Morgan fingerprint density at radius 1 is 1.07 bits per heavy atom. The van der Waals surface area contributed by atoms with Crippen LogP contribution in [0.25, 0.3) is 0 Å². The maximum absolute atomic E-state index is 12.4. The second-order valence-corrected chi connectivity index (χ2v) is 14.1. The van der Waals surface area contributed by atoms with E-state index in [1.807, 2.05) is 18.2 Å². The van der Waals surface area contributed by atoms with E-state index in [1.54, 1.807) is 6.20 Å². The van der Waals surface area contributed by atoms with Gasteiger partial charge < -0.3 is 25.2 Å². The van der Waals surface area contributed by atoms with E-state index in [1.165, 1.54) is 21.8 Å². The average Bonchev–Trinajstić information content (AvgIpc) is 3.55. The van der Waals surface area contributed by atoms with Crippen LogP contribution in [0.5, 0.6) is 5.75 Å². The minimum atomic E-state index is -3.40. The van der Waals surface area contributed by atoms with Gasteiger partial charge >= 0.3 is 0 Å². The van der Waals surface area contributed by atoms with Gasteiger partial charge in [0.05, 0.1) is 27.8 Å². The first-order chi connectivity index (χ1) is 19.6. The quantitative estimate of drug-likeness (QED) is 0.373. The van der Waals surface area contributed by atoms with Crippen molar-refractivity contribution >= 4 is 60.5 Å². The van der Waals surface area contributed by atoms with E-state index in [0.717, 1.165) is 49.4 Å². The van der Waals surface area contributed by atoms with Crippen LogP contribution in [-0.2, 0) is 22.9 Å². The summed E-state index contributed by atoms with van der Waals surface area (Å²) < 4.78 is 33.3. The van der Waals surface area contributed by atoms with Crippen LogP contribution in [0.15, 0.2) is 41.0 Å². The summed E-state index contributed by atoms with van der Waals surface area (Å²) >= 11 is 3.55. The molecule has 1 saturated heterocycles. The number of hydrogen-bond donors (Lipinski definition) is 2. The molecule has 0 amide bonds. The van der Waals surface area contributed by atoms with Gasteiger partial charge in [0.15, 0.2) is 0 Å². The molecule has 4 heterocycles. The summed E-state index contributed by atoms with van der Waals surface area (Å²) in [6.07, 6.45) is 6.83. The summed E-state index contributed by atoms with van der Waals surface area (Å²) in [5, 5.41) is 6.71. The molecule has 12 heteroatoms. The second-order valence-electron chi connectivity index (χ2n) is 11.3. The molecular weight excluding hydrogens is 606 g/mol. The van der Waals surface area contributed by atoms with Gasteiger partial charge in [-0.1, -0.05) is 12.1 Å². The summed E-state index contributed by atoms with van der Waals surface area (Å²) in [5.41, 5.74) is 5.63. The number of rotatable bonds is 7. The van der Waals surface area contributed by atoms with Crippen molar-refractivity contribution in [1.82, 2.24) is 14.9 Å². The molecule has 0 radical (unpaired) electrons. The molecule has 1 atom stereocenters. The van der Waals surface area contributed by atoms with Crippen molar-refractivity contribution in [3.63, 3.8) is 0 Å². The predicted octanol–water partition coefficient (Wildman–Crippen LogP) is 4.90. The number of ether oxygens (including phenoxy) is 1. The van der Waals surface area contributed by atoms with Gasteiger partial charge in [0.2, 0.25) is 16.0 Å². The zero-order valence-corrected chi connectivity index (χ0v) is 26.2. The molecule has 218 valence electrons. The summed E-state index contributed by atoms with van der Waals surface area (Å²) in [6, 6.07) is 10.6. The van der Waals surface area contributed by atoms with Crippen molar-refractivity contribution in [3.05, 3.63) is 52.1 Å². The minimum Gasteiger partial charge on any atom is -0.488 e. The Morgan fingerprint density at radius 2 is 1.85 bits per heavy atom. The predicted molar refractivity (Wildman–Crippen MR) is 168 cm³/mol. The summed E-state index contributed by atoms with van der Waals surface area (Å²) in [6.45, 7) is 4.59. The third-order valence-corrected chi connectivity index (χ3v) is 9.93. The lowest BCUT2D eigenvalue weighted by Crippen LogP contribution is -2.42. The summed E-state index contributed by atoms with van der Waals surface area (Å²) in [7, 11) is 0.923. The summed E-state index contributed by atoms with van der Waals surface area (Å²) in [5.74, 6) is 1.80. The monoisotopic (exact) mass is 641 g/mol. The van der Waals surface area contributed by atoms with Crippen molar-refractivity contribution < 1.29 is 13.2 Å². The first kappa shape index (κ1) is 28.0. The molecular formula is C29H36BrN7O3S. The Labute approximate surface area is 250 Å². The Balaban J connectivity index is 1.26. The molecule has 2 aromatic carbocycles. The van der Waals surface area contributed by atoms with Crippen LogP contribution >= 0.6 is 15.9 Å². The lowest BCUT2D eigenvalue weighted by atomic mass is 10.0. The van der Waals surface area contributed by atoms with E-state index in [4.69, 9.17) is 9.72 Å². The van der Waals surface area contributed by atoms with Crippen molar-refractivity contribution in [1.29, 1.82) is 0 Å². The van der Waals surface area contributed by atoms with Gasteiger partial charge in [0, 0.05) is 49.5 Å². The van der Waals surface area contributed by atoms with Crippen molar-refractivity contribution in [2.45, 2.75) is 44.8 Å². The molecule has 1 aromatic heterocycles. The van der Waals surface area contributed by atoms with Gasteiger partial charge in [-0.25, -0.2) is 13.4 Å². The van der Waals surface area contributed by atoms with E-state index < -0.39 is 10.0 Å². The van der Waals surface area contributed by atoms with Gasteiger partial charge in [-0.3, -0.25) is 4.31 Å². The lowest BCUT2D eigenvalue weighted by molar-refractivity contribution is 0.249. The number of nitrogens with zero attached hydrogens (tertiary/aromatic N) is 5. The van der Waals surface area contributed by atoms with Gasteiger partial charge in [0.1, 0.15) is 17.7 Å². The zero-order valence-electron chi connectivity index (χ0n) is 23.8. The average molecular weight is 643 g/mol. The first-order valence-electron chi connectivity index (χ1n) is 14.0. The molecule has 1 fully saturated rings. The molecule has 0 aliphatic carbocycles. The molecule has 3 aromatic rings. The standard InChI is InChI=1S/C29H36BrN7O3S/c1-18-16-21-25(36-13-11-20(12-14-36)35(2)3)9-8-24(27(21)40-18)33-29-31-17-22(30)28(34-29)32-23-7-5-6-19-10-15-37(26(19)23)41(4,38)39/h5-9,17-18,20H,10-16H2,1-4H3,(H2,31,32,33,34). The highest BCUT2D eigenvalue weighted by Crippen LogP contribution is 2.44. The fourth-order valence-corrected chi connectivity index (χ4v) is 7.37. The normalized spacial score (nSPS) is 18.8. The number of para-hydroxylation sites is 1. The third kappa shape index (κ3) is 5.56. The number of aromatic nitrogens is 2. The maximum Gasteiger partial charge on any atom is 0.232 e. The first-order valence-corrected chi connectivity index (χ1v) is 16.6. The molecule has 0 bridgehead atoms. The summed E-state index contributed by atoms with van der Waals surface area (Å²) in [4.78, 5) is 14.1. The maximum atomic E-state index is 12.4. The largest absolute Gasteiger partial charge is 0.488 e. The zero-order chi connectivity index (χ0) is 28.9. The Hall–Kier alpha value is -3.09. The fourth-order valence-electron chi connectivity index (χ4n) is 6.11. The number of benzene rings is 2. The Kier molecular flexibility index (Phi) is 7.50. The van der Waals surface area contributed by atoms with Crippen LogP contribution in [0.2, 0.25) is 0 Å². The number of nitrogens with one attached hydrogen (secondary N) is 2. The number of anilines is 6. The van der Waals surface area contributed by atoms with E-state index in [-0.39, 0.29) is 6.10 Å². The van der Waals surface area contributed by atoms with Crippen LogP contribution in [0.1, 0.15) is 30.9 Å². The molecule has 0 spiro atoms. The molecule has 3 aliphatic rings. The molecule has 0 saturated carbocycles. The molecule has 1 unspecified atom stereocenters. The third-order valence-electron chi connectivity index (χ3n) is 8.18. The number of sulfonamides is 1. The smallest absolute Gasteiger partial charge is 0.232 e. The number of halogens is 1. The Bertz CT molecular complexity index is 1570. The van der Waals surface area contributed by atoms with Gasteiger partial charge in [0.25, 0.3) is 0 Å². The topological polar surface area (TPSA) is 103 Å². The number of hydrogen-bond acceptors (Lipinski definition) is 9. The van der Waals surface area contributed by atoms with Gasteiger partial charge in [-0.05, 0) is 80.0 Å². The molecule has 10 nitrogen and oxygen atoms in total. The number of fused-ring (bicyclic) bond motifs is 2. The van der Waals surface area contributed by atoms with Crippen LogP contribution in [0.3, 0.4) is 0 Å². The molecule has 2 N–H and O–H groups in total. The van der Waals surface area contributed by atoms with E-state index in [2.05, 4.69) is 74.5 Å². The van der Waals surface area contributed by atoms with Crippen LogP contribution < -0.4 is 24.6 Å². The van der Waals surface area contributed by atoms with E-state index in [0.29, 0.717) is 46.6 Å². The van der Waals surface area contributed by atoms with E-state index in [9.17, 15) is 8.42 Å². The van der Waals surface area contributed by atoms with Crippen LogP contribution in [0, 0.1) is 0 Å². The highest BCUT2D eigenvalue weighted by atomic mass is 79.9. The van der Waals surface area contributed by atoms with Crippen molar-refractivity contribution in [2.24, 2.45) is 0 Å². The van der Waals surface area contributed by atoms with Crippen molar-refractivity contribution in [2.75, 3.05) is 59.8 Å². The lowest BCUT2D eigenvalue weighted by Gasteiger charge is -2.37. The highest BCUT2D eigenvalue weighted by molar-refractivity contribution is 9.10. The second kappa shape index (κ2) is 11.0. The van der Waals surface area contributed by atoms with Gasteiger partial charge in [-0.2, -0.15) is 4.98 Å². The Morgan fingerprint density at radius 3 is 2.59 bits per heavy atom. The SMILES string of the molecule is CC1Cc2c(N3CCC(N(C)C)CC3)ccc(Nc3ncc(Br)c(Nc4cccc5c4N(S(C)(=O)=O)CC5)n3)c2O1. The van der Waals surface area contributed by atoms with Crippen LogP contribution in [0.4, 0.5) is 34.5 Å². The van der Waals surface area contributed by atoms with Gasteiger partial charge in [-0.15, -0.1) is 0 Å². The van der Waals surface area contributed by atoms with Crippen molar-refractivity contribution in [3.8, 4) is 5.75 Å². The van der Waals surface area contributed by atoms with E-state index >= 15 is 0 Å². The highest BCUT2D eigenvalue weighted by Gasteiger charge is 2.31. The molecule has 6 rings (SSSR count).